The zero-order valence-corrected chi connectivity index (χ0v) is 14.0. The molecule has 0 heterocycles. The molecule has 4 nitrogen and oxygen atoms in total. The molecule has 1 rings (SSSR count). The summed E-state index contributed by atoms with van der Waals surface area (Å²) < 4.78 is 3.89. The van der Waals surface area contributed by atoms with Crippen molar-refractivity contribution in [3.8, 4) is 0 Å². The van der Waals surface area contributed by atoms with E-state index in [9.17, 15) is 9.59 Å². The number of nitrogens with one attached hydrogen (secondary N) is 1. The van der Waals surface area contributed by atoms with E-state index >= 15 is 0 Å². The van der Waals surface area contributed by atoms with E-state index in [0.717, 1.165) is 4.47 Å². The van der Waals surface area contributed by atoms with Crippen molar-refractivity contribution >= 4 is 62.6 Å². The number of rotatable bonds is 5. The van der Waals surface area contributed by atoms with Crippen LogP contribution in [-0.2, 0) is 4.74 Å². The highest BCUT2D eigenvalue weighted by atomic mass is 79.9. The van der Waals surface area contributed by atoms with Gasteiger partial charge in [-0.15, -0.1) is 0 Å². The van der Waals surface area contributed by atoms with Gasteiger partial charge in [-0.1, -0.05) is 62.9 Å². The minimum atomic E-state index is -1.65. The van der Waals surface area contributed by atoms with Gasteiger partial charge in [-0.05, 0) is 12.1 Å². The van der Waals surface area contributed by atoms with Crippen LogP contribution in [0.15, 0.2) is 28.7 Å². The summed E-state index contributed by atoms with van der Waals surface area (Å²) >= 11 is 19.5. The fraction of sp³-hybridized carbons (Fsp3) is 0.333. The second-order valence-corrected chi connectivity index (χ2v) is 7.23. The van der Waals surface area contributed by atoms with Gasteiger partial charge in [0.15, 0.2) is 5.78 Å². The maximum Gasteiger partial charge on any atom is 0.407 e. The summed E-state index contributed by atoms with van der Waals surface area (Å²) in [5.41, 5.74) is 0.574. The van der Waals surface area contributed by atoms with Crippen LogP contribution in [0, 0.1) is 0 Å². The Balaban J connectivity index is 2.28. The lowest BCUT2D eigenvalue weighted by atomic mass is 10.1. The summed E-state index contributed by atoms with van der Waals surface area (Å²) in [6.45, 7) is -0.211. The van der Waals surface area contributed by atoms with Gasteiger partial charge in [-0.3, -0.25) is 4.79 Å². The number of amides is 1. The fourth-order valence-electron chi connectivity index (χ4n) is 1.26. The number of hydrogen-bond donors (Lipinski definition) is 1. The van der Waals surface area contributed by atoms with E-state index in [1.54, 1.807) is 24.3 Å². The van der Waals surface area contributed by atoms with E-state index < -0.39 is 9.89 Å². The molecular formula is C12H11BrCl3NO3. The Hall–Kier alpha value is -0.490. The Morgan fingerprint density at radius 2 is 1.80 bits per heavy atom. The van der Waals surface area contributed by atoms with Crippen molar-refractivity contribution in [1.29, 1.82) is 0 Å². The Kier molecular flexibility index (Phi) is 7.09. The zero-order valence-electron chi connectivity index (χ0n) is 10.2. The molecule has 1 amide bonds. The topological polar surface area (TPSA) is 55.4 Å². The maximum absolute atomic E-state index is 11.8. The molecule has 0 atom stereocenters. The Labute approximate surface area is 139 Å². The molecule has 1 aromatic rings. The first-order valence-electron chi connectivity index (χ1n) is 5.54. The molecule has 0 aliphatic rings. The molecule has 0 saturated heterocycles. The highest BCUT2D eigenvalue weighted by Gasteiger charge is 2.22. The lowest BCUT2D eigenvalue weighted by Crippen LogP contribution is -2.29. The van der Waals surface area contributed by atoms with Gasteiger partial charge < -0.3 is 10.1 Å². The van der Waals surface area contributed by atoms with Gasteiger partial charge in [0.1, 0.15) is 6.61 Å². The molecule has 0 aromatic heterocycles. The van der Waals surface area contributed by atoms with Gasteiger partial charge in [0.2, 0.25) is 3.79 Å². The van der Waals surface area contributed by atoms with E-state index in [4.69, 9.17) is 34.8 Å². The Morgan fingerprint density at radius 1 is 1.20 bits per heavy atom. The highest BCUT2D eigenvalue weighted by Crippen LogP contribution is 2.25. The number of alkyl carbamates (subject to hydrolysis) is 1. The fourth-order valence-corrected chi connectivity index (χ4v) is 1.68. The second-order valence-electron chi connectivity index (χ2n) is 3.80. The Bertz CT molecular complexity index is 474. The van der Waals surface area contributed by atoms with Crippen LogP contribution in [0.2, 0.25) is 0 Å². The van der Waals surface area contributed by atoms with Crippen LogP contribution >= 0.6 is 50.7 Å². The molecule has 0 aliphatic carbocycles. The number of benzene rings is 1. The molecule has 110 valence electrons. The van der Waals surface area contributed by atoms with Crippen LogP contribution in [-0.4, -0.2) is 28.8 Å². The van der Waals surface area contributed by atoms with Crippen molar-refractivity contribution in [2.75, 3.05) is 13.2 Å². The summed E-state index contributed by atoms with van der Waals surface area (Å²) in [6, 6.07) is 6.95. The monoisotopic (exact) mass is 401 g/mol. The molecule has 0 saturated carbocycles. The summed E-state index contributed by atoms with van der Waals surface area (Å²) in [5, 5.41) is 2.40. The molecule has 0 bridgehead atoms. The first kappa shape index (κ1) is 17.6. The number of halogens is 4. The van der Waals surface area contributed by atoms with Crippen molar-refractivity contribution in [3.05, 3.63) is 34.3 Å². The average Bonchev–Trinajstić information content (AvgIpc) is 2.36. The SMILES string of the molecule is O=C(NCCC(=O)c1ccc(Br)cc1)OCC(Cl)(Cl)Cl. The molecule has 1 aromatic carbocycles. The van der Waals surface area contributed by atoms with Crippen LogP contribution in [0.4, 0.5) is 4.79 Å². The van der Waals surface area contributed by atoms with Crippen molar-refractivity contribution < 1.29 is 14.3 Å². The third-order valence-corrected chi connectivity index (χ3v) is 3.01. The quantitative estimate of drug-likeness (QED) is 0.594. The Morgan fingerprint density at radius 3 is 2.35 bits per heavy atom. The molecule has 1 N–H and O–H groups in total. The predicted octanol–water partition coefficient (Wildman–Crippen LogP) is 4.12. The van der Waals surface area contributed by atoms with Crippen molar-refractivity contribution in [2.24, 2.45) is 0 Å². The lowest BCUT2D eigenvalue weighted by Gasteiger charge is -2.11. The van der Waals surface area contributed by atoms with Crippen LogP contribution in [0.5, 0.6) is 0 Å². The largest absolute Gasteiger partial charge is 0.445 e. The third kappa shape index (κ3) is 7.33. The molecular weight excluding hydrogens is 392 g/mol. The number of hydrogen-bond acceptors (Lipinski definition) is 3. The first-order valence-corrected chi connectivity index (χ1v) is 7.47. The van der Waals surface area contributed by atoms with Gasteiger partial charge in [-0.25, -0.2) is 4.79 Å². The maximum atomic E-state index is 11.8. The van der Waals surface area contributed by atoms with Crippen molar-refractivity contribution in [1.82, 2.24) is 5.32 Å². The summed E-state index contributed by atoms with van der Waals surface area (Å²) in [6.07, 6.45) is -0.579. The van der Waals surface area contributed by atoms with E-state index in [0.29, 0.717) is 5.56 Å². The number of Topliss-reactive ketones (excluding diaryl/α,β-unsaturated/α-hetero) is 1. The van der Waals surface area contributed by atoms with E-state index in [-0.39, 0.29) is 25.4 Å². The highest BCUT2D eigenvalue weighted by molar-refractivity contribution is 9.10. The van der Waals surface area contributed by atoms with Gasteiger partial charge in [0.25, 0.3) is 0 Å². The number of carbonyl (C=O) groups excluding carboxylic acids is 2. The van der Waals surface area contributed by atoms with Crippen LogP contribution in [0.1, 0.15) is 16.8 Å². The summed E-state index contributed by atoms with van der Waals surface area (Å²) in [4.78, 5) is 23.0. The predicted molar refractivity (Wildman–Crippen MR) is 82.7 cm³/mol. The van der Waals surface area contributed by atoms with Gasteiger partial charge in [-0.2, -0.15) is 0 Å². The second kappa shape index (κ2) is 8.08. The molecule has 0 radical (unpaired) electrons. The minimum Gasteiger partial charge on any atom is -0.445 e. The molecule has 0 unspecified atom stereocenters. The van der Waals surface area contributed by atoms with Gasteiger partial charge in [0, 0.05) is 23.0 Å². The standard InChI is InChI=1S/C12H11BrCl3NO3/c13-9-3-1-8(2-4-9)10(18)5-6-17-11(19)20-7-12(14,15)16/h1-4H,5-7H2,(H,17,19). The summed E-state index contributed by atoms with van der Waals surface area (Å²) in [5.74, 6) is -0.0841. The summed E-state index contributed by atoms with van der Waals surface area (Å²) in [7, 11) is 0. The molecule has 8 heteroatoms. The molecule has 0 aliphatic heterocycles. The third-order valence-electron chi connectivity index (χ3n) is 2.15. The minimum absolute atomic E-state index is 0.0841. The van der Waals surface area contributed by atoms with Gasteiger partial charge in [0.05, 0.1) is 0 Å². The lowest BCUT2D eigenvalue weighted by molar-refractivity contribution is 0.0981. The van der Waals surface area contributed by atoms with Crippen molar-refractivity contribution in [2.45, 2.75) is 10.2 Å². The number of ether oxygens (including phenoxy) is 1. The molecule has 0 fully saturated rings. The number of ketones is 1. The first-order chi connectivity index (χ1) is 9.28. The van der Waals surface area contributed by atoms with Gasteiger partial charge >= 0.3 is 6.09 Å². The van der Waals surface area contributed by atoms with E-state index in [2.05, 4.69) is 26.0 Å². The zero-order chi connectivity index (χ0) is 15.2. The smallest absolute Gasteiger partial charge is 0.407 e. The number of carbonyl (C=O) groups is 2. The molecule has 20 heavy (non-hydrogen) atoms. The van der Waals surface area contributed by atoms with Crippen LogP contribution < -0.4 is 5.32 Å². The normalized spacial score (nSPS) is 11.0. The van der Waals surface area contributed by atoms with Crippen LogP contribution in [0.25, 0.3) is 0 Å². The van der Waals surface area contributed by atoms with Crippen LogP contribution in [0.3, 0.4) is 0 Å². The number of alkyl halides is 3. The molecule has 0 spiro atoms. The van der Waals surface area contributed by atoms with E-state index in [1.807, 2.05) is 0 Å². The average molecular weight is 403 g/mol. The van der Waals surface area contributed by atoms with E-state index in [1.165, 1.54) is 0 Å². The van der Waals surface area contributed by atoms with Crippen molar-refractivity contribution in [3.63, 3.8) is 0 Å².